The van der Waals surface area contributed by atoms with E-state index >= 15 is 0 Å². The number of fused-ring (bicyclic) bond motifs is 1. The van der Waals surface area contributed by atoms with Crippen molar-refractivity contribution in [2.45, 2.75) is 77.6 Å². The molecule has 1 aromatic carbocycles. The molecule has 1 spiro atoms. The summed E-state index contributed by atoms with van der Waals surface area (Å²) < 4.78 is 13.2. The lowest BCUT2D eigenvalue weighted by Gasteiger charge is -2.56. The molecule has 2 N–H and O–H groups in total. The number of benzene rings is 1. The molecular weight excluding hydrogens is 432 g/mol. The molecule has 6 rings (SSSR count). The number of aromatic hydroxyl groups is 2. The molecule has 2 aliphatic heterocycles. The Morgan fingerprint density at radius 1 is 1.12 bits per heavy atom. The molecule has 34 heavy (non-hydrogen) atoms. The number of allylic oxidation sites excluding steroid dienone is 4. The third-order valence-corrected chi connectivity index (χ3v) is 7.96. The molecule has 3 aliphatic carbocycles. The molecule has 1 aromatic rings. The van der Waals surface area contributed by atoms with Gasteiger partial charge >= 0.3 is 0 Å². The monoisotopic (exact) mass is 464 g/mol. The van der Waals surface area contributed by atoms with Gasteiger partial charge in [0.15, 0.2) is 22.8 Å². The summed E-state index contributed by atoms with van der Waals surface area (Å²) >= 11 is 0. The first-order valence-corrected chi connectivity index (χ1v) is 11.9. The number of phenolic OH excluding ortho intramolecular Hbond substituents is 2. The predicted molar refractivity (Wildman–Crippen MR) is 127 cm³/mol. The molecule has 4 atom stereocenters. The maximum atomic E-state index is 14.0. The fraction of sp³-hybridized carbons (Fsp3) is 0.500. The number of Topliss-reactive ketones (excluding diaryl/α,β-unsaturated/α-hetero) is 2. The fourth-order valence-corrected chi connectivity index (χ4v) is 6.47. The van der Waals surface area contributed by atoms with Gasteiger partial charge in [0.25, 0.3) is 0 Å². The highest BCUT2D eigenvalue weighted by Crippen LogP contribution is 2.68. The largest absolute Gasteiger partial charge is 0.507 e. The molecule has 0 amide bonds. The second-order valence-electron chi connectivity index (χ2n) is 11.1. The number of rotatable bonds is 4. The van der Waals surface area contributed by atoms with Crippen molar-refractivity contribution in [2.24, 2.45) is 11.8 Å². The van der Waals surface area contributed by atoms with Gasteiger partial charge in [0.05, 0.1) is 5.60 Å². The van der Waals surface area contributed by atoms with Crippen LogP contribution >= 0.6 is 0 Å². The summed E-state index contributed by atoms with van der Waals surface area (Å²) in [6, 6.07) is 1.40. The Labute approximate surface area is 200 Å². The van der Waals surface area contributed by atoms with Crippen LogP contribution in [0.5, 0.6) is 17.2 Å². The maximum absolute atomic E-state index is 14.0. The van der Waals surface area contributed by atoms with Crippen molar-refractivity contribution in [3.05, 3.63) is 52.1 Å². The zero-order valence-corrected chi connectivity index (χ0v) is 20.6. The second kappa shape index (κ2) is 7.08. The summed E-state index contributed by atoms with van der Waals surface area (Å²) in [5.74, 6) is -1.42. The van der Waals surface area contributed by atoms with Crippen LogP contribution in [-0.4, -0.2) is 38.6 Å². The molecule has 180 valence electrons. The number of carbonyl (C=O) groups excluding carboxylic acids is 2. The highest BCUT2D eigenvalue weighted by Gasteiger charge is 2.81. The Bertz CT molecular complexity index is 1220. The van der Waals surface area contributed by atoms with Gasteiger partial charge in [-0.25, -0.2) is 0 Å². The van der Waals surface area contributed by atoms with Crippen molar-refractivity contribution in [1.82, 2.24) is 0 Å². The lowest BCUT2D eigenvalue weighted by atomic mass is 9.51. The van der Waals surface area contributed by atoms with Crippen molar-refractivity contribution < 1.29 is 29.3 Å². The molecule has 6 heteroatoms. The lowest BCUT2D eigenvalue weighted by molar-refractivity contribution is -0.171. The van der Waals surface area contributed by atoms with E-state index in [1.807, 2.05) is 53.7 Å². The van der Waals surface area contributed by atoms with Gasteiger partial charge in [-0.05, 0) is 54.4 Å². The Morgan fingerprint density at radius 2 is 1.79 bits per heavy atom. The lowest BCUT2D eigenvalue weighted by Crippen LogP contribution is -2.72. The van der Waals surface area contributed by atoms with Crippen molar-refractivity contribution in [1.29, 1.82) is 0 Å². The Hall–Kier alpha value is -2.86. The van der Waals surface area contributed by atoms with Gasteiger partial charge < -0.3 is 19.7 Å². The van der Waals surface area contributed by atoms with Crippen LogP contribution in [0.25, 0.3) is 0 Å². The Balaban J connectivity index is 1.75. The zero-order chi connectivity index (χ0) is 24.8. The van der Waals surface area contributed by atoms with Gasteiger partial charge in [0.2, 0.25) is 0 Å². The van der Waals surface area contributed by atoms with Crippen LogP contribution in [0.2, 0.25) is 0 Å². The molecule has 1 saturated carbocycles. The van der Waals surface area contributed by atoms with Gasteiger partial charge in [-0.15, -0.1) is 0 Å². The first-order chi connectivity index (χ1) is 15.9. The van der Waals surface area contributed by atoms with Crippen molar-refractivity contribution in [3.8, 4) is 17.2 Å². The standard InChI is InChI=1S/C28H32O6/c1-14(2)7-8-17-19(29)13-20-22(23(17)30)24(31)18-11-16-12-21-26(5,6)34-27(25(16)32,10-9-15(3)4)28(18,21)33-20/h7,9,11,13,16,21,29-30H,8,10,12H2,1-6H3/t16-,21+,27+,28-/m1/s1. The van der Waals surface area contributed by atoms with Crippen LogP contribution in [0, 0.1) is 11.8 Å². The molecule has 1 saturated heterocycles. The van der Waals surface area contributed by atoms with Gasteiger partial charge in [-0.2, -0.15) is 0 Å². The van der Waals surface area contributed by atoms with E-state index in [4.69, 9.17) is 9.47 Å². The highest BCUT2D eigenvalue weighted by molar-refractivity contribution is 6.18. The summed E-state index contributed by atoms with van der Waals surface area (Å²) in [6.45, 7) is 11.7. The quantitative estimate of drug-likeness (QED) is 0.611. The Kier molecular flexibility index (Phi) is 4.77. The molecule has 2 heterocycles. The number of carbonyl (C=O) groups is 2. The average Bonchev–Trinajstić information content (AvgIpc) is 2.89. The maximum Gasteiger partial charge on any atom is 0.200 e. The van der Waals surface area contributed by atoms with Crippen molar-refractivity contribution in [3.63, 3.8) is 0 Å². The van der Waals surface area contributed by atoms with E-state index in [1.54, 1.807) is 6.08 Å². The topological polar surface area (TPSA) is 93.1 Å². The first kappa shape index (κ1) is 22.9. The minimum atomic E-state index is -1.34. The van der Waals surface area contributed by atoms with Gasteiger partial charge in [0, 0.05) is 35.5 Å². The van der Waals surface area contributed by atoms with Crippen LogP contribution < -0.4 is 4.74 Å². The minimum absolute atomic E-state index is 0.0430. The van der Waals surface area contributed by atoms with E-state index in [0.29, 0.717) is 18.4 Å². The van der Waals surface area contributed by atoms with E-state index in [9.17, 15) is 19.8 Å². The summed E-state index contributed by atoms with van der Waals surface area (Å²) in [5, 5.41) is 21.8. The summed E-state index contributed by atoms with van der Waals surface area (Å²) in [4.78, 5) is 27.8. The normalized spacial score (nSPS) is 31.9. The minimum Gasteiger partial charge on any atom is -0.507 e. The van der Waals surface area contributed by atoms with Crippen LogP contribution in [0.4, 0.5) is 0 Å². The van der Waals surface area contributed by atoms with Gasteiger partial charge in [0.1, 0.15) is 22.8 Å². The number of ketones is 2. The smallest absolute Gasteiger partial charge is 0.200 e. The van der Waals surface area contributed by atoms with E-state index in [-0.39, 0.29) is 52.3 Å². The van der Waals surface area contributed by atoms with Crippen LogP contribution in [0.15, 0.2) is 41.0 Å². The van der Waals surface area contributed by atoms with Crippen molar-refractivity contribution >= 4 is 11.6 Å². The van der Waals surface area contributed by atoms with Crippen molar-refractivity contribution in [2.75, 3.05) is 0 Å². The number of ether oxygens (including phenoxy) is 2. The van der Waals surface area contributed by atoms with E-state index in [1.165, 1.54) is 6.07 Å². The Morgan fingerprint density at radius 3 is 2.44 bits per heavy atom. The molecule has 0 aromatic heterocycles. The number of hydrogen-bond donors (Lipinski definition) is 2. The molecule has 0 unspecified atom stereocenters. The van der Waals surface area contributed by atoms with Gasteiger partial charge in [-0.1, -0.05) is 29.4 Å². The van der Waals surface area contributed by atoms with Gasteiger partial charge in [-0.3, -0.25) is 9.59 Å². The highest BCUT2D eigenvalue weighted by atomic mass is 16.6. The summed E-state index contributed by atoms with van der Waals surface area (Å²) in [5.41, 5.74) is -0.569. The second-order valence-corrected chi connectivity index (χ2v) is 11.1. The zero-order valence-electron chi connectivity index (χ0n) is 20.6. The van der Waals surface area contributed by atoms with E-state index in [2.05, 4.69) is 0 Å². The van der Waals surface area contributed by atoms with E-state index in [0.717, 1.165) is 11.1 Å². The van der Waals surface area contributed by atoms with E-state index < -0.39 is 22.7 Å². The number of hydrogen-bond acceptors (Lipinski definition) is 6. The molecule has 2 fully saturated rings. The molecule has 5 aliphatic rings. The first-order valence-electron chi connectivity index (χ1n) is 11.9. The van der Waals surface area contributed by atoms with Crippen LogP contribution in [0.1, 0.15) is 70.3 Å². The SMILES string of the molecule is CC(C)=CCc1c(O)cc2c(c1O)C(=O)C1=C[C@@H]3C[C@H]4C(C)(C)O[C@@](CC=C(C)C)(C3=O)[C@@]14O2. The molecule has 6 nitrogen and oxygen atoms in total. The summed E-state index contributed by atoms with van der Waals surface area (Å²) in [6.07, 6.45) is 6.69. The fourth-order valence-electron chi connectivity index (χ4n) is 6.47. The number of phenols is 2. The molecule has 4 bridgehead atoms. The average molecular weight is 465 g/mol. The summed E-state index contributed by atoms with van der Waals surface area (Å²) in [7, 11) is 0. The molecule has 0 radical (unpaired) electrons. The van der Waals surface area contributed by atoms with Crippen LogP contribution in [-0.2, 0) is 16.0 Å². The third kappa shape index (κ3) is 2.72. The molecular formula is C28H32O6. The predicted octanol–water partition coefficient (Wildman–Crippen LogP) is 4.97. The van der Waals surface area contributed by atoms with Crippen LogP contribution in [0.3, 0.4) is 0 Å². The third-order valence-electron chi connectivity index (χ3n) is 7.96.